The highest BCUT2D eigenvalue weighted by Crippen LogP contribution is 2.34. The number of hydrogen-bond acceptors (Lipinski definition) is 5. The van der Waals surface area contributed by atoms with Crippen LogP contribution in [0.3, 0.4) is 0 Å². The predicted octanol–water partition coefficient (Wildman–Crippen LogP) is 3.20. The molecule has 1 aromatic carbocycles. The Morgan fingerprint density at radius 1 is 1.32 bits per heavy atom. The van der Waals surface area contributed by atoms with Crippen molar-refractivity contribution in [1.29, 1.82) is 0 Å². The van der Waals surface area contributed by atoms with Gasteiger partial charge in [0.25, 0.3) is 0 Å². The third-order valence-electron chi connectivity index (χ3n) is 4.44. The zero-order valence-electron chi connectivity index (χ0n) is 15.0. The number of nitrogens with one attached hydrogen (secondary N) is 1. The predicted molar refractivity (Wildman–Crippen MR) is 97.0 cm³/mol. The second-order valence-corrected chi connectivity index (χ2v) is 6.12. The summed E-state index contributed by atoms with van der Waals surface area (Å²) in [5, 5.41) is 3.37. The summed E-state index contributed by atoms with van der Waals surface area (Å²) in [5.41, 5.74) is 2.30. The molecule has 1 aliphatic heterocycles. The number of fused-ring (bicyclic) bond motifs is 1. The summed E-state index contributed by atoms with van der Waals surface area (Å²) in [6, 6.07) is 6.11. The first-order valence-electron chi connectivity index (χ1n) is 8.96. The first kappa shape index (κ1) is 17.8. The smallest absolute Gasteiger partial charge is 0.191 e. The highest BCUT2D eigenvalue weighted by molar-refractivity contribution is 5.47. The number of hydrogen-bond donors (Lipinski definition) is 1. The van der Waals surface area contributed by atoms with E-state index in [0.717, 1.165) is 36.6 Å². The quantitative estimate of drug-likeness (QED) is 0.579. The van der Waals surface area contributed by atoms with Gasteiger partial charge in [-0.1, -0.05) is 18.2 Å². The van der Waals surface area contributed by atoms with Gasteiger partial charge < -0.3 is 24.3 Å². The van der Waals surface area contributed by atoms with E-state index in [4.69, 9.17) is 18.9 Å². The molecule has 0 fully saturated rings. The molecule has 0 radical (unpaired) electrons. The molecule has 1 unspecified atom stereocenters. The fourth-order valence-electron chi connectivity index (χ4n) is 3.13. The molecule has 3 rings (SSSR count). The molecule has 5 heteroatoms. The molecule has 0 aromatic heterocycles. The normalized spacial score (nSPS) is 21.9. The van der Waals surface area contributed by atoms with E-state index in [2.05, 4.69) is 17.5 Å². The van der Waals surface area contributed by atoms with E-state index >= 15 is 0 Å². The summed E-state index contributed by atoms with van der Waals surface area (Å²) in [5.74, 6) is 1.12. The molecule has 0 amide bonds. The number of aryl methyl sites for hydroxylation is 1. The molecule has 25 heavy (non-hydrogen) atoms. The Bertz CT molecular complexity index is 641. The molecular weight excluding hydrogens is 318 g/mol. The van der Waals surface area contributed by atoms with Gasteiger partial charge in [0.1, 0.15) is 6.61 Å². The van der Waals surface area contributed by atoms with Crippen LogP contribution in [0.1, 0.15) is 25.3 Å². The molecule has 1 aliphatic carbocycles. The van der Waals surface area contributed by atoms with Gasteiger partial charge >= 0.3 is 0 Å². The highest BCUT2D eigenvalue weighted by Gasteiger charge is 2.28. The number of benzene rings is 1. The number of methoxy groups -OCH3 is 1. The van der Waals surface area contributed by atoms with E-state index < -0.39 is 5.79 Å². The van der Waals surface area contributed by atoms with Crippen molar-refractivity contribution < 1.29 is 18.9 Å². The minimum Gasteiger partial charge on any atom is -0.489 e. The van der Waals surface area contributed by atoms with Gasteiger partial charge in [0.2, 0.25) is 0 Å². The number of ether oxygens (including phenoxy) is 4. The number of rotatable bonds is 8. The van der Waals surface area contributed by atoms with Gasteiger partial charge in [0.05, 0.1) is 6.61 Å². The van der Waals surface area contributed by atoms with Crippen molar-refractivity contribution in [2.45, 2.75) is 32.0 Å². The maximum Gasteiger partial charge on any atom is 0.191 e. The average molecular weight is 345 g/mol. The van der Waals surface area contributed by atoms with Crippen molar-refractivity contribution >= 4 is 0 Å². The molecule has 0 saturated heterocycles. The molecular formula is C20H27NO4. The number of para-hydroxylation sites is 1. The lowest BCUT2D eigenvalue weighted by atomic mass is 10.1. The summed E-state index contributed by atoms with van der Waals surface area (Å²) in [6.45, 7) is 4.65. The van der Waals surface area contributed by atoms with Crippen LogP contribution in [0.2, 0.25) is 0 Å². The topological polar surface area (TPSA) is 49.0 Å². The Balaban J connectivity index is 1.46. The SMILES string of the molecule is CCOC1(OC)C=CC(NCCOc2cccc3c2OCCC3)=CC1. The molecule has 1 N–H and O–H groups in total. The second-order valence-electron chi connectivity index (χ2n) is 6.12. The van der Waals surface area contributed by atoms with Gasteiger partial charge in [-0.2, -0.15) is 0 Å². The van der Waals surface area contributed by atoms with E-state index in [9.17, 15) is 0 Å². The van der Waals surface area contributed by atoms with Crippen LogP contribution in [0.4, 0.5) is 0 Å². The van der Waals surface area contributed by atoms with Gasteiger partial charge in [-0.05, 0) is 43.5 Å². The van der Waals surface area contributed by atoms with Crippen LogP contribution >= 0.6 is 0 Å². The first-order chi connectivity index (χ1) is 12.3. The molecule has 0 bridgehead atoms. The van der Waals surface area contributed by atoms with Crippen LogP contribution in [0.15, 0.2) is 42.1 Å². The van der Waals surface area contributed by atoms with Crippen molar-refractivity contribution in [3.05, 3.63) is 47.7 Å². The van der Waals surface area contributed by atoms with Crippen molar-refractivity contribution in [2.24, 2.45) is 0 Å². The third-order valence-corrected chi connectivity index (χ3v) is 4.44. The zero-order chi connectivity index (χ0) is 17.5. The van der Waals surface area contributed by atoms with Gasteiger partial charge in [-0.15, -0.1) is 0 Å². The number of allylic oxidation sites excluding steroid dienone is 1. The Labute approximate surface area is 149 Å². The van der Waals surface area contributed by atoms with Gasteiger partial charge in [-0.25, -0.2) is 0 Å². The van der Waals surface area contributed by atoms with Crippen molar-refractivity contribution in [3.63, 3.8) is 0 Å². The minimum absolute atomic E-state index is 0.575. The largest absolute Gasteiger partial charge is 0.489 e. The second kappa shape index (κ2) is 8.41. The molecule has 0 saturated carbocycles. The van der Waals surface area contributed by atoms with Crippen LogP contribution in [0, 0.1) is 0 Å². The summed E-state index contributed by atoms with van der Waals surface area (Å²) < 4.78 is 22.8. The van der Waals surface area contributed by atoms with E-state index in [1.165, 1.54) is 5.56 Å². The summed E-state index contributed by atoms with van der Waals surface area (Å²) in [6.07, 6.45) is 8.87. The molecule has 5 nitrogen and oxygen atoms in total. The van der Waals surface area contributed by atoms with Gasteiger partial charge in [0, 0.05) is 32.4 Å². The average Bonchev–Trinajstić information content (AvgIpc) is 2.67. The standard InChI is InChI=1S/C20H27NO4/c1-3-25-20(22-2)11-9-17(10-12-20)21-13-15-23-18-8-4-6-16-7-5-14-24-19(16)18/h4,6,8-11,21H,3,5,7,12-15H2,1-2H3. The lowest BCUT2D eigenvalue weighted by molar-refractivity contribution is -0.183. The van der Waals surface area contributed by atoms with E-state index in [0.29, 0.717) is 26.2 Å². The van der Waals surface area contributed by atoms with E-state index in [1.54, 1.807) is 7.11 Å². The lowest BCUT2D eigenvalue weighted by Crippen LogP contribution is -2.34. The van der Waals surface area contributed by atoms with Gasteiger partial charge in [0.15, 0.2) is 17.3 Å². The highest BCUT2D eigenvalue weighted by atomic mass is 16.7. The third kappa shape index (κ3) is 4.35. The molecule has 1 aromatic rings. The van der Waals surface area contributed by atoms with Crippen LogP contribution in [0.25, 0.3) is 0 Å². The van der Waals surface area contributed by atoms with Crippen molar-refractivity contribution in [3.8, 4) is 11.5 Å². The zero-order valence-corrected chi connectivity index (χ0v) is 15.0. The van der Waals surface area contributed by atoms with Crippen molar-refractivity contribution in [2.75, 3.05) is 33.5 Å². The van der Waals surface area contributed by atoms with E-state index in [1.807, 2.05) is 31.2 Å². The first-order valence-corrected chi connectivity index (χ1v) is 8.96. The van der Waals surface area contributed by atoms with Crippen LogP contribution in [0.5, 0.6) is 11.5 Å². The Hall–Kier alpha value is -1.98. The van der Waals surface area contributed by atoms with Crippen molar-refractivity contribution in [1.82, 2.24) is 5.32 Å². The van der Waals surface area contributed by atoms with E-state index in [-0.39, 0.29) is 0 Å². The summed E-state index contributed by atoms with van der Waals surface area (Å²) >= 11 is 0. The molecule has 136 valence electrons. The van der Waals surface area contributed by atoms with Crippen LogP contribution < -0.4 is 14.8 Å². The fourth-order valence-corrected chi connectivity index (χ4v) is 3.13. The Morgan fingerprint density at radius 2 is 2.24 bits per heavy atom. The van der Waals surface area contributed by atoms with Crippen LogP contribution in [-0.4, -0.2) is 39.3 Å². The molecule has 0 spiro atoms. The minimum atomic E-state index is -0.628. The Morgan fingerprint density at radius 3 is 3.00 bits per heavy atom. The fraction of sp³-hybridized carbons (Fsp3) is 0.500. The maximum atomic E-state index is 5.91. The molecule has 1 heterocycles. The molecule has 2 aliphatic rings. The Kier molecular flexibility index (Phi) is 6.00. The van der Waals surface area contributed by atoms with Crippen LogP contribution in [-0.2, 0) is 15.9 Å². The maximum absolute atomic E-state index is 5.91. The summed E-state index contributed by atoms with van der Waals surface area (Å²) in [7, 11) is 1.67. The lowest BCUT2D eigenvalue weighted by Gasteiger charge is -2.30. The monoisotopic (exact) mass is 345 g/mol. The molecule has 1 atom stereocenters. The van der Waals surface area contributed by atoms with Gasteiger partial charge in [-0.3, -0.25) is 0 Å². The summed E-state index contributed by atoms with van der Waals surface area (Å²) in [4.78, 5) is 0.